The number of aryl methyl sites for hydroxylation is 2. The van der Waals surface area contributed by atoms with E-state index in [9.17, 15) is 4.57 Å². The van der Waals surface area contributed by atoms with E-state index in [1.807, 2.05) is 25.5 Å². The smallest absolute Gasteiger partial charge is 0.119 e. The molecule has 0 saturated heterocycles. The molecule has 0 N–H and O–H groups in total. The van der Waals surface area contributed by atoms with E-state index in [0.29, 0.717) is 6.61 Å². The van der Waals surface area contributed by atoms with Crippen LogP contribution in [0.1, 0.15) is 23.1 Å². The zero-order chi connectivity index (χ0) is 15.3. The Morgan fingerprint density at radius 1 is 1.30 bits per heavy atom. The van der Waals surface area contributed by atoms with Crippen molar-refractivity contribution in [1.82, 2.24) is 0 Å². The van der Waals surface area contributed by atoms with Crippen molar-refractivity contribution >= 4 is 12.7 Å². The Labute approximate surface area is 122 Å². The summed E-state index contributed by atoms with van der Waals surface area (Å²) in [5.41, 5.74) is 4.35. The minimum Gasteiger partial charge on any atom is -0.494 e. The number of benzene rings is 1. The van der Waals surface area contributed by atoms with Gasteiger partial charge in [0.05, 0.1) is 13.7 Å². The zero-order valence-electron chi connectivity index (χ0n) is 13.0. The van der Waals surface area contributed by atoms with E-state index in [2.05, 4.69) is 27.0 Å². The largest absolute Gasteiger partial charge is 0.494 e. The molecule has 1 aromatic carbocycles. The normalized spacial score (nSPS) is 11.2. The Hall–Kier alpha value is -1.27. The van der Waals surface area contributed by atoms with Crippen LogP contribution in [0.3, 0.4) is 0 Å². The molecule has 0 atom stereocenters. The van der Waals surface area contributed by atoms with Gasteiger partial charge in [0.2, 0.25) is 0 Å². The quantitative estimate of drug-likeness (QED) is 0.406. The minimum absolute atomic E-state index is 0.603. The van der Waals surface area contributed by atoms with Crippen LogP contribution in [0.2, 0.25) is 0 Å². The lowest BCUT2D eigenvalue weighted by Gasteiger charge is -2.14. The van der Waals surface area contributed by atoms with Gasteiger partial charge in [-0.25, -0.2) is 0 Å². The first-order valence-electron chi connectivity index (χ1n) is 6.84. The van der Waals surface area contributed by atoms with E-state index in [1.54, 1.807) is 6.08 Å². The standard InChI is InChI=1S/C17H25O2P/c1-7-13(2)17-14(3)11-16(12-15(17)4)19-9-8-10-20(5,6)18/h7,11-12H,1-2,8-10H2,3-6H3. The van der Waals surface area contributed by atoms with Crippen LogP contribution in [0.4, 0.5) is 0 Å². The van der Waals surface area contributed by atoms with E-state index in [-0.39, 0.29) is 0 Å². The first-order valence-corrected chi connectivity index (χ1v) is 9.63. The fourth-order valence-corrected chi connectivity index (χ4v) is 3.14. The van der Waals surface area contributed by atoms with Crippen molar-refractivity contribution in [3.8, 4) is 5.75 Å². The van der Waals surface area contributed by atoms with Crippen molar-refractivity contribution in [2.75, 3.05) is 26.1 Å². The molecule has 0 spiro atoms. The Morgan fingerprint density at radius 2 is 1.85 bits per heavy atom. The summed E-state index contributed by atoms with van der Waals surface area (Å²) in [6.45, 7) is 16.1. The molecule has 3 heteroatoms. The Balaban J connectivity index is 2.72. The number of rotatable bonds is 7. The van der Waals surface area contributed by atoms with Gasteiger partial charge in [0, 0.05) is 6.16 Å². The summed E-state index contributed by atoms with van der Waals surface area (Å²) < 4.78 is 17.4. The van der Waals surface area contributed by atoms with E-state index in [0.717, 1.165) is 40.6 Å². The maximum Gasteiger partial charge on any atom is 0.119 e. The second-order valence-corrected chi connectivity index (χ2v) is 9.26. The van der Waals surface area contributed by atoms with Gasteiger partial charge in [-0.15, -0.1) is 0 Å². The second kappa shape index (κ2) is 6.95. The van der Waals surface area contributed by atoms with Crippen LogP contribution in [0.25, 0.3) is 5.57 Å². The number of ether oxygens (including phenoxy) is 1. The topological polar surface area (TPSA) is 26.3 Å². The molecule has 110 valence electrons. The van der Waals surface area contributed by atoms with Crippen molar-refractivity contribution < 1.29 is 9.30 Å². The summed E-state index contributed by atoms with van der Waals surface area (Å²) in [4.78, 5) is 0. The molecule has 0 unspecified atom stereocenters. The third-order valence-electron chi connectivity index (χ3n) is 3.18. The van der Waals surface area contributed by atoms with Gasteiger partial charge in [0.15, 0.2) is 0 Å². The lowest BCUT2D eigenvalue weighted by molar-refractivity contribution is 0.317. The van der Waals surface area contributed by atoms with E-state index >= 15 is 0 Å². The fourth-order valence-electron chi connectivity index (χ4n) is 2.25. The summed E-state index contributed by atoms with van der Waals surface area (Å²) in [5, 5.41) is 0. The van der Waals surface area contributed by atoms with E-state index in [4.69, 9.17) is 4.74 Å². The van der Waals surface area contributed by atoms with Crippen molar-refractivity contribution in [3.63, 3.8) is 0 Å². The predicted octanol–water partition coefficient (Wildman–Crippen LogP) is 4.89. The average Bonchev–Trinajstić information content (AvgIpc) is 2.32. The molecule has 1 rings (SSSR count). The predicted molar refractivity (Wildman–Crippen MR) is 89.6 cm³/mol. The van der Waals surface area contributed by atoms with Crippen LogP contribution < -0.4 is 4.74 Å². The molecule has 0 aromatic heterocycles. The molecule has 0 saturated carbocycles. The molecule has 1 aromatic rings. The van der Waals surface area contributed by atoms with Crippen molar-refractivity contribution in [3.05, 3.63) is 48.1 Å². The summed E-state index contributed by atoms with van der Waals surface area (Å²) in [7, 11) is -1.93. The third-order valence-corrected chi connectivity index (χ3v) is 4.58. The number of allylic oxidation sites excluding steroid dienone is 2. The van der Waals surface area contributed by atoms with Crippen molar-refractivity contribution in [2.45, 2.75) is 20.3 Å². The maximum atomic E-state index is 11.6. The Morgan fingerprint density at radius 3 is 2.30 bits per heavy atom. The first kappa shape index (κ1) is 16.8. The molecule has 0 amide bonds. The molecule has 0 aliphatic carbocycles. The van der Waals surface area contributed by atoms with Gasteiger partial charge in [-0.05, 0) is 68.0 Å². The van der Waals surface area contributed by atoms with Crippen LogP contribution in [0.15, 0.2) is 31.4 Å². The van der Waals surface area contributed by atoms with Gasteiger partial charge in [-0.1, -0.05) is 19.2 Å². The highest BCUT2D eigenvalue weighted by molar-refractivity contribution is 7.62. The summed E-state index contributed by atoms with van der Waals surface area (Å²) >= 11 is 0. The van der Waals surface area contributed by atoms with Crippen LogP contribution in [0, 0.1) is 13.8 Å². The highest BCUT2D eigenvalue weighted by Gasteiger charge is 2.09. The summed E-state index contributed by atoms with van der Waals surface area (Å²) in [6, 6.07) is 4.04. The van der Waals surface area contributed by atoms with E-state index < -0.39 is 7.14 Å². The number of hydrogen-bond acceptors (Lipinski definition) is 2. The van der Waals surface area contributed by atoms with Crippen LogP contribution >= 0.6 is 7.14 Å². The van der Waals surface area contributed by atoms with Gasteiger partial charge in [0.1, 0.15) is 5.75 Å². The third kappa shape index (κ3) is 5.02. The van der Waals surface area contributed by atoms with E-state index in [1.165, 1.54) is 0 Å². The van der Waals surface area contributed by atoms with Gasteiger partial charge < -0.3 is 9.30 Å². The van der Waals surface area contributed by atoms with Crippen molar-refractivity contribution in [1.29, 1.82) is 0 Å². The Kier molecular flexibility index (Phi) is 5.83. The molecule has 0 radical (unpaired) electrons. The second-order valence-electron chi connectivity index (χ2n) is 5.66. The molecule has 0 heterocycles. The molecule has 0 aliphatic heterocycles. The zero-order valence-corrected chi connectivity index (χ0v) is 13.9. The summed E-state index contributed by atoms with van der Waals surface area (Å²) in [5.74, 6) is 0.864. The molecular weight excluding hydrogens is 267 g/mol. The van der Waals surface area contributed by atoms with Crippen LogP contribution in [-0.2, 0) is 4.57 Å². The number of hydrogen-bond donors (Lipinski definition) is 0. The SMILES string of the molecule is C=CC(=C)c1c(C)cc(OCCCP(C)(C)=O)cc1C. The van der Waals surface area contributed by atoms with Crippen LogP contribution in [-0.4, -0.2) is 26.1 Å². The van der Waals surface area contributed by atoms with Gasteiger partial charge in [-0.2, -0.15) is 0 Å². The molecule has 0 fully saturated rings. The molecule has 20 heavy (non-hydrogen) atoms. The minimum atomic E-state index is -1.93. The summed E-state index contributed by atoms with van der Waals surface area (Å²) in [6.07, 6.45) is 3.33. The van der Waals surface area contributed by atoms with Gasteiger partial charge >= 0.3 is 0 Å². The molecule has 0 bridgehead atoms. The maximum absolute atomic E-state index is 11.6. The average molecular weight is 292 g/mol. The van der Waals surface area contributed by atoms with Gasteiger partial charge in [-0.3, -0.25) is 0 Å². The fraction of sp³-hybridized carbons (Fsp3) is 0.412. The molecule has 0 aliphatic rings. The first-order chi connectivity index (χ1) is 9.24. The lowest BCUT2D eigenvalue weighted by Crippen LogP contribution is -2.02. The molecule has 2 nitrogen and oxygen atoms in total. The van der Waals surface area contributed by atoms with Crippen molar-refractivity contribution in [2.24, 2.45) is 0 Å². The Bertz CT molecular complexity index is 529. The highest BCUT2D eigenvalue weighted by Crippen LogP contribution is 2.36. The highest BCUT2D eigenvalue weighted by atomic mass is 31.2. The van der Waals surface area contributed by atoms with Crippen LogP contribution in [0.5, 0.6) is 5.75 Å². The molecular formula is C17H25O2P. The lowest BCUT2D eigenvalue weighted by atomic mass is 9.96. The van der Waals surface area contributed by atoms with Gasteiger partial charge in [0.25, 0.3) is 0 Å². The monoisotopic (exact) mass is 292 g/mol.